The topological polar surface area (TPSA) is 65.4 Å². The van der Waals surface area contributed by atoms with Gasteiger partial charge in [-0.3, -0.25) is 9.48 Å². The SMILES string of the molecule is CCn1cc(C(=O)NC(C)c2ccc(OCC(C)C)c(OC)c2)cn1. The van der Waals surface area contributed by atoms with E-state index in [1.807, 2.05) is 32.0 Å². The molecule has 1 aromatic carbocycles. The van der Waals surface area contributed by atoms with Crippen LogP contribution in [0.1, 0.15) is 49.7 Å². The third-order valence-corrected chi connectivity index (χ3v) is 3.83. The lowest BCUT2D eigenvalue weighted by atomic mass is 10.1. The highest BCUT2D eigenvalue weighted by Crippen LogP contribution is 2.30. The van der Waals surface area contributed by atoms with Crippen LogP contribution < -0.4 is 14.8 Å². The van der Waals surface area contributed by atoms with E-state index in [0.29, 0.717) is 29.6 Å². The largest absolute Gasteiger partial charge is 0.493 e. The predicted octanol–water partition coefficient (Wildman–Crippen LogP) is 3.44. The van der Waals surface area contributed by atoms with Crippen LogP contribution in [0.4, 0.5) is 0 Å². The summed E-state index contributed by atoms with van der Waals surface area (Å²) in [6.07, 6.45) is 3.32. The van der Waals surface area contributed by atoms with E-state index >= 15 is 0 Å². The number of nitrogens with one attached hydrogen (secondary N) is 1. The van der Waals surface area contributed by atoms with Gasteiger partial charge in [0.05, 0.1) is 31.5 Å². The van der Waals surface area contributed by atoms with Gasteiger partial charge in [0.2, 0.25) is 0 Å². The fraction of sp³-hybridized carbons (Fsp3) is 0.474. The normalized spacial score (nSPS) is 12.1. The minimum atomic E-state index is -0.162. The molecule has 0 saturated carbocycles. The van der Waals surface area contributed by atoms with Gasteiger partial charge in [-0.15, -0.1) is 0 Å². The first-order valence-corrected chi connectivity index (χ1v) is 8.58. The van der Waals surface area contributed by atoms with Gasteiger partial charge >= 0.3 is 0 Å². The van der Waals surface area contributed by atoms with Crippen LogP contribution in [-0.4, -0.2) is 29.4 Å². The molecule has 0 bridgehead atoms. The van der Waals surface area contributed by atoms with Crippen molar-refractivity contribution >= 4 is 5.91 Å². The highest BCUT2D eigenvalue weighted by molar-refractivity contribution is 5.93. The first-order chi connectivity index (χ1) is 11.9. The number of aromatic nitrogens is 2. The van der Waals surface area contributed by atoms with E-state index in [0.717, 1.165) is 12.1 Å². The second-order valence-electron chi connectivity index (χ2n) is 6.40. The standard InChI is InChI=1S/C19H27N3O3/c1-6-22-11-16(10-20-22)19(23)21-14(4)15-7-8-17(18(9-15)24-5)25-12-13(2)3/h7-11,13-14H,6,12H2,1-5H3,(H,21,23). The van der Waals surface area contributed by atoms with Crippen molar-refractivity contribution in [1.29, 1.82) is 0 Å². The van der Waals surface area contributed by atoms with Crippen molar-refractivity contribution < 1.29 is 14.3 Å². The molecule has 1 amide bonds. The lowest BCUT2D eigenvalue weighted by molar-refractivity contribution is 0.0939. The molecule has 0 fully saturated rings. The highest BCUT2D eigenvalue weighted by atomic mass is 16.5. The van der Waals surface area contributed by atoms with E-state index in [1.54, 1.807) is 24.2 Å². The van der Waals surface area contributed by atoms with Crippen LogP contribution in [0.15, 0.2) is 30.6 Å². The van der Waals surface area contributed by atoms with E-state index in [1.165, 1.54) is 0 Å². The Kier molecular flexibility index (Phi) is 6.44. The average molecular weight is 345 g/mol. The van der Waals surface area contributed by atoms with Crippen LogP contribution in [0.5, 0.6) is 11.5 Å². The van der Waals surface area contributed by atoms with Crippen LogP contribution in [0.3, 0.4) is 0 Å². The number of methoxy groups -OCH3 is 1. The summed E-state index contributed by atoms with van der Waals surface area (Å²) in [4.78, 5) is 12.3. The minimum Gasteiger partial charge on any atom is -0.493 e. The zero-order valence-electron chi connectivity index (χ0n) is 15.6. The van der Waals surface area contributed by atoms with Crippen LogP contribution in [-0.2, 0) is 6.54 Å². The number of hydrogen-bond acceptors (Lipinski definition) is 4. The molecule has 1 heterocycles. The number of aryl methyl sites for hydroxylation is 1. The molecule has 0 radical (unpaired) electrons. The van der Waals surface area contributed by atoms with Gasteiger partial charge < -0.3 is 14.8 Å². The van der Waals surface area contributed by atoms with Gasteiger partial charge in [-0.05, 0) is 37.5 Å². The van der Waals surface area contributed by atoms with Crippen molar-refractivity contribution in [2.45, 2.75) is 40.3 Å². The summed E-state index contributed by atoms with van der Waals surface area (Å²) in [5, 5.41) is 7.11. The molecule has 0 aliphatic carbocycles. The summed E-state index contributed by atoms with van der Waals surface area (Å²) in [5.41, 5.74) is 1.50. The Balaban J connectivity index is 2.07. The first kappa shape index (κ1) is 18.8. The van der Waals surface area contributed by atoms with Crippen molar-refractivity contribution in [1.82, 2.24) is 15.1 Å². The molecule has 0 spiro atoms. The molecule has 1 atom stereocenters. The summed E-state index contributed by atoms with van der Waals surface area (Å²) >= 11 is 0. The number of carbonyl (C=O) groups excluding carboxylic acids is 1. The Bertz CT molecular complexity index is 710. The Labute approximate surface area is 149 Å². The van der Waals surface area contributed by atoms with Crippen LogP contribution in [0.25, 0.3) is 0 Å². The maximum Gasteiger partial charge on any atom is 0.254 e. The number of ether oxygens (including phenoxy) is 2. The van der Waals surface area contributed by atoms with Crippen molar-refractivity contribution in [3.8, 4) is 11.5 Å². The summed E-state index contributed by atoms with van der Waals surface area (Å²) in [6, 6.07) is 5.56. The van der Waals surface area contributed by atoms with E-state index in [-0.39, 0.29) is 11.9 Å². The quantitative estimate of drug-likeness (QED) is 0.796. The minimum absolute atomic E-state index is 0.147. The zero-order valence-corrected chi connectivity index (χ0v) is 15.6. The Hall–Kier alpha value is -2.50. The van der Waals surface area contributed by atoms with Gasteiger partial charge in [0.25, 0.3) is 5.91 Å². The molecule has 6 heteroatoms. The third-order valence-electron chi connectivity index (χ3n) is 3.83. The molecule has 1 unspecified atom stereocenters. The van der Waals surface area contributed by atoms with Crippen molar-refractivity contribution in [3.05, 3.63) is 41.7 Å². The van der Waals surface area contributed by atoms with Crippen LogP contribution >= 0.6 is 0 Å². The molecule has 0 aliphatic heterocycles. The lowest BCUT2D eigenvalue weighted by Crippen LogP contribution is -2.26. The van der Waals surface area contributed by atoms with Gasteiger partial charge in [-0.2, -0.15) is 5.10 Å². The Morgan fingerprint density at radius 3 is 2.64 bits per heavy atom. The number of amides is 1. The van der Waals surface area contributed by atoms with Crippen molar-refractivity contribution in [2.75, 3.05) is 13.7 Å². The average Bonchev–Trinajstić information content (AvgIpc) is 3.08. The summed E-state index contributed by atoms with van der Waals surface area (Å²) < 4.78 is 12.9. The van der Waals surface area contributed by atoms with Gasteiger partial charge in [0, 0.05) is 12.7 Å². The zero-order chi connectivity index (χ0) is 18.4. The number of carbonyl (C=O) groups is 1. The summed E-state index contributed by atoms with van der Waals surface area (Å²) in [7, 11) is 1.61. The Morgan fingerprint density at radius 2 is 2.04 bits per heavy atom. The molecule has 2 aromatic rings. The number of rotatable bonds is 8. The van der Waals surface area contributed by atoms with Crippen molar-refractivity contribution in [3.63, 3.8) is 0 Å². The molecule has 2 rings (SSSR count). The van der Waals surface area contributed by atoms with Gasteiger partial charge in [0.15, 0.2) is 11.5 Å². The second-order valence-corrected chi connectivity index (χ2v) is 6.40. The maximum atomic E-state index is 12.3. The van der Waals surface area contributed by atoms with E-state index in [9.17, 15) is 4.79 Å². The molecule has 0 aliphatic rings. The third kappa shape index (κ3) is 4.98. The maximum absolute atomic E-state index is 12.3. The summed E-state index contributed by atoms with van der Waals surface area (Å²) in [5.74, 6) is 1.67. The molecule has 25 heavy (non-hydrogen) atoms. The molecular formula is C19H27N3O3. The van der Waals surface area contributed by atoms with Crippen LogP contribution in [0.2, 0.25) is 0 Å². The van der Waals surface area contributed by atoms with E-state index in [2.05, 4.69) is 24.3 Å². The number of hydrogen-bond donors (Lipinski definition) is 1. The predicted molar refractivity (Wildman–Crippen MR) is 97.1 cm³/mol. The lowest BCUT2D eigenvalue weighted by Gasteiger charge is -2.17. The molecule has 6 nitrogen and oxygen atoms in total. The second kappa shape index (κ2) is 8.55. The molecule has 1 N–H and O–H groups in total. The first-order valence-electron chi connectivity index (χ1n) is 8.58. The smallest absolute Gasteiger partial charge is 0.254 e. The summed E-state index contributed by atoms with van der Waals surface area (Å²) in [6.45, 7) is 9.47. The number of nitrogens with zero attached hydrogens (tertiary/aromatic N) is 2. The van der Waals surface area contributed by atoms with E-state index in [4.69, 9.17) is 9.47 Å². The molecular weight excluding hydrogens is 318 g/mol. The number of benzene rings is 1. The molecule has 0 saturated heterocycles. The molecule has 136 valence electrons. The molecule has 1 aromatic heterocycles. The fourth-order valence-electron chi connectivity index (χ4n) is 2.35. The van der Waals surface area contributed by atoms with Crippen LogP contribution in [0, 0.1) is 5.92 Å². The Morgan fingerprint density at radius 1 is 1.28 bits per heavy atom. The fourth-order valence-corrected chi connectivity index (χ4v) is 2.35. The van der Waals surface area contributed by atoms with E-state index < -0.39 is 0 Å². The van der Waals surface area contributed by atoms with Gasteiger partial charge in [-0.25, -0.2) is 0 Å². The monoisotopic (exact) mass is 345 g/mol. The van der Waals surface area contributed by atoms with Gasteiger partial charge in [0.1, 0.15) is 0 Å². The van der Waals surface area contributed by atoms with Gasteiger partial charge in [-0.1, -0.05) is 19.9 Å². The highest BCUT2D eigenvalue weighted by Gasteiger charge is 2.15. The van der Waals surface area contributed by atoms with Crippen molar-refractivity contribution in [2.24, 2.45) is 5.92 Å².